The van der Waals surface area contributed by atoms with Crippen LogP contribution >= 0.6 is 22.9 Å². The molecule has 2 heterocycles. The number of carbonyl (C=O) groups excluding carboxylic acids is 2. The van der Waals surface area contributed by atoms with Crippen LogP contribution in [0.5, 0.6) is 5.75 Å². The Labute approximate surface area is 202 Å². The highest BCUT2D eigenvalue weighted by molar-refractivity contribution is 7.16. The molecule has 8 nitrogen and oxygen atoms in total. The summed E-state index contributed by atoms with van der Waals surface area (Å²) in [7, 11) is 1.57. The minimum absolute atomic E-state index is 0.0774. The number of nitrogens with zero attached hydrogens (tertiary/aromatic N) is 1. The lowest BCUT2D eigenvalue weighted by Crippen LogP contribution is -2.38. The van der Waals surface area contributed by atoms with E-state index in [2.05, 4.69) is 10.6 Å². The Morgan fingerprint density at radius 2 is 1.97 bits per heavy atom. The predicted octanol–water partition coefficient (Wildman–Crippen LogP) is 4.52. The summed E-state index contributed by atoms with van der Waals surface area (Å²) in [5, 5.41) is 14.6. The largest absolute Gasteiger partial charge is 0.481 e. The van der Waals surface area contributed by atoms with Crippen LogP contribution in [0.4, 0.5) is 15.8 Å². The van der Waals surface area contributed by atoms with Crippen LogP contribution in [0.3, 0.4) is 0 Å². The monoisotopic (exact) mass is 503 g/mol. The molecule has 0 saturated carbocycles. The first kappa shape index (κ1) is 23.5. The fourth-order valence-electron chi connectivity index (χ4n) is 3.51. The third kappa shape index (κ3) is 4.82. The number of nitrogens with one attached hydrogen (secondary N) is 2. The van der Waals surface area contributed by atoms with E-state index in [1.54, 1.807) is 31.3 Å². The van der Waals surface area contributed by atoms with Gasteiger partial charge >= 0.3 is 5.97 Å². The van der Waals surface area contributed by atoms with Gasteiger partial charge in [0.05, 0.1) is 28.0 Å². The van der Waals surface area contributed by atoms with Gasteiger partial charge in [0, 0.05) is 29.2 Å². The molecule has 4 rings (SSSR count). The number of anilines is 2. The summed E-state index contributed by atoms with van der Waals surface area (Å²) < 4.78 is 20.3. The van der Waals surface area contributed by atoms with Crippen molar-refractivity contribution in [1.82, 2.24) is 5.32 Å². The minimum Gasteiger partial charge on any atom is -0.481 e. The van der Waals surface area contributed by atoms with Gasteiger partial charge < -0.3 is 20.5 Å². The van der Waals surface area contributed by atoms with E-state index in [1.165, 1.54) is 34.4 Å². The van der Waals surface area contributed by atoms with E-state index in [4.69, 9.17) is 16.3 Å². The third-order valence-electron chi connectivity index (χ3n) is 5.23. The number of hydrogen-bond acceptors (Lipinski definition) is 6. The molecule has 176 valence electrons. The molecule has 0 bridgehead atoms. The van der Waals surface area contributed by atoms with E-state index in [1.807, 2.05) is 0 Å². The summed E-state index contributed by atoms with van der Waals surface area (Å²) in [4.78, 5) is 38.8. The highest BCUT2D eigenvalue weighted by atomic mass is 35.5. The van der Waals surface area contributed by atoms with Gasteiger partial charge in [0.25, 0.3) is 11.8 Å². The molecule has 1 aliphatic heterocycles. The fourth-order valence-corrected chi connectivity index (χ4v) is 4.62. The molecule has 1 aromatic heterocycles. The van der Waals surface area contributed by atoms with Crippen molar-refractivity contribution in [3.05, 3.63) is 74.7 Å². The molecule has 2 amide bonds. The average Bonchev–Trinajstić information content (AvgIpc) is 3.25. The molecular weight excluding hydrogens is 485 g/mol. The highest BCUT2D eigenvalue weighted by Crippen LogP contribution is 2.33. The molecule has 2 aromatic carbocycles. The Morgan fingerprint density at radius 1 is 1.24 bits per heavy atom. The van der Waals surface area contributed by atoms with E-state index in [9.17, 15) is 23.9 Å². The Hall–Kier alpha value is -3.63. The van der Waals surface area contributed by atoms with Crippen molar-refractivity contribution in [3.63, 3.8) is 0 Å². The van der Waals surface area contributed by atoms with Crippen LogP contribution in [-0.2, 0) is 4.79 Å². The summed E-state index contributed by atoms with van der Waals surface area (Å²) >= 11 is 7.14. The third-order valence-corrected chi connectivity index (χ3v) is 6.57. The highest BCUT2D eigenvalue weighted by Gasteiger charge is 2.29. The van der Waals surface area contributed by atoms with Gasteiger partial charge in [0.15, 0.2) is 6.73 Å². The number of halogens is 2. The standard InChI is InChI=1S/C23H19ClFN3O5S/c1-26-16-9-18-14(8-15(16)25)23(32)28(11-33-18)13-4-2-12(3-5-13)22(31)27-17(10-21(29)30)19-6-7-20(24)34-19/h2-9,17,26H,10-11H2,1H3,(H,27,31)(H,29,30). The lowest BCUT2D eigenvalue weighted by Gasteiger charge is -2.29. The summed E-state index contributed by atoms with van der Waals surface area (Å²) in [5.74, 6) is -2.27. The number of carboxylic acid groups (broad SMARTS) is 1. The zero-order chi connectivity index (χ0) is 24.4. The van der Waals surface area contributed by atoms with Crippen LogP contribution in [-0.4, -0.2) is 36.7 Å². The predicted molar refractivity (Wildman–Crippen MR) is 126 cm³/mol. The van der Waals surface area contributed by atoms with Gasteiger partial charge in [-0.25, -0.2) is 4.39 Å². The maximum Gasteiger partial charge on any atom is 0.305 e. The molecule has 0 aliphatic carbocycles. The number of aliphatic carboxylic acids is 1. The summed E-state index contributed by atoms with van der Waals surface area (Å²) in [6, 6.07) is 11.3. The van der Waals surface area contributed by atoms with Crippen molar-refractivity contribution in [3.8, 4) is 5.75 Å². The van der Waals surface area contributed by atoms with Crippen LogP contribution in [0.15, 0.2) is 48.5 Å². The van der Waals surface area contributed by atoms with E-state index in [0.29, 0.717) is 14.9 Å². The maximum atomic E-state index is 14.2. The van der Waals surface area contributed by atoms with Crippen LogP contribution in [0, 0.1) is 5.82 Å². The second-order valence-electron chi connectivity index (χ2n) is 7.40. The number of rotatable bonds is 7. The van der Waals surface area contributed by atoms with Crippen molar-refractivity contribution in [1.29, 1.82) is 0 Å². The average molecular weight is 504 g/mol. The van der Waals surface area contributed by atoms with Crippen molar-refractivity contribution in [2.45, 2.75) is 12.5 Å². The van der Waals surface area contributed by atoms with Crippen LogP contribution in [0.2, 0.25) is 4.34 Å². The maximum absolute atomic E-state index is 14.2. The Morgan fingerprint density at radius 3 is 2.59 bits per heavy atom. The minimum atomic E-state index is -1.06. The van der Waals surface area contributed by atoms with Gasteiger partial charge in [-0.3, -0.25) is 19.3 Å². The molecule has 0 radical (unpaired) electrons. The Balaban J connectivity index is 1.50. The van der Waals surface area contributed by atoms with Crippen molar-refractivity contribution < 1.29 is 28.6 Å². The van der Waals surface area contributed by atoms with Crippen LogP contribution in [0.1, 0.15) is 38.1 Å². The normalized spacial score (nSPS) is 13.6. The lowest BCUT2D eigenvalue weighted by atomic mass is 10.1. The molecule has 3 N–H and O–H groups in total. The van der Waals surface area contributed by atoms with Crippen molar-refractivity contribution >= 4 is 52.1 Å². The zero-order valence-electron chi connectivity index (χ0n) is 17.8. The van der Waals surface area contributed by atoms with Gasteiger partial charge in [0.1, 0.15) is 11.6 Å². The van der Waals surface area contributed by atoms with Gasteiger partial charge in [-0.1, -0.05) is 11.6 Å². The number of amides is 2. The molecule has 3 aromatic rings. The molecule has 0 spiro atoms. The first-order chi connectivity index (χ1) is 16.3. The number of ether oxygens (including phenoxy) is 1. The number of carbonyl (C=O) groups is 3. The Kier molecular flexibility index (Phi) is 6.71. The van der Waals surface area contributed by atoms with Gasteiger partial charge in [-0.15, -0.1) is 11.3 Å². The number of fused-ring (bicyclic) bond motifs is 1. The second-order valence-corrected chi connectivity index (χ2v) is 9.14. The molecular formula is C23H19ClFN3O5S. The number of hydrogen-bond donors (Lipinski definition) is 3. The van der Waals surface area contributed by atoms with Gasteiger partial charge in [-0.2, -0.15) is 0 Å². The SMILES string of the molecule is CNc1cc2c(cc1F)C(=O)N(c1ccc(C(=O)NC(CC(=O)O)c3ccc(Cl)s3)cc1)CO2. The smallest absolute Gasteiger partial charge is 0.305 e. The van der Waals surface area contributed by atoms with E-state index < -0.39 is 29.6 Å². The molecule has 1 atom stereocenters. The Bertz CT molecular complexity index is 1260. The number of thiophene rings is 1. The van der Waals surface area contributed by atoms with Gasteiger partial charge in [0.2, 0.25) is 0 Å². The molecule has 0 saturated heterocycles. The molecule has 34 heavy (non-hydrogen) atoms. The van der Waals surface area contributed by atoms with E-state index in [0.717, 1.165) is 6.07 Å². The lowest BCUT2D eigenvalue weighted by molar-refractivity contribution is -0.137. The zero-order valence-corrected chi connectivity index (χ0v) is 19.4. The first-order valence-electron chi connectivity index (χ1n) is 10.1. The van der Waals surface area contributed by atoms with Crippen LogP contribution in [0.25, 0.3) is 0 Å². The first-order valence-corrected chi connectivity index (χ1v) is 11.3. The summed E-state index contributed by atoms with van der Waals surface area (Å²) in [6.45, 7) is -0.0774. The van der Waals surface area contributed by atoms with Crippen molar-refractivity contribution in [2.75, 3.05) is 24.0 Å². The molecule has 1 unspecified atom stereocenters. The topological polar surface area (TPSA) is 108 Å². The molecule has 11 heteroatoms. The summed E-state index contributed by atoms with van der Waals surface area (Å²) in [5.41, 5.74) is 1.05. The fraction of sp³-hybridized carbons (Fsp3) is 0.174. The van der Waals surface area contributed by atoms with E-state index >= 15 is 0 Å². The van der Waals surface area contributed by atoms with E-state index in [-0.39, 0.29) is 35.7 Å². The molecule has 1 aliphatic rings. The number of benzene rings is 2. The van der Waals surface area contributed by atoms with Gasteiger partial charge in [-0.05, 0) is 42.5 Å². The number of carboxylic acids is 1. The molecule has 0 fully saturated rings. The van der Waals surface area contributed by atoms with Crippen molar-refractivity contribution in [2.24, 2.45) is 0 Å². The van der Waals surface area contributed by atoms with Crippen LogP contribution < -0.4 is 20.3 Å². The second kappa shape index (κ2) is 9.70. The quantitative estimate of drug-likeness (QED) is 0.437. The summed E-state index contributed by atoms with van der Waals surface area (Å²) in [6.07, 6.45) is -0.300.